The Morgan fingerprint density at radius 1 is 1.08 bits per heavy atom. The predicted octanol–water partition coefficient (Wildman–Crippen LogP) is 0.597. The molecule has 1 aliphatic rings. The van der Waals surface area contributed by atoms with Gasteiger partial charge in [-0.1, -0.05) is 30.3 Å². The van der Waals surface area contributed by atoms with Crippen LogP contribution in [0.15, 0.2) is 47.3 Å². The molecule has 1 aliphatic heterocycles. The van der Waals surface area contributed by atoms with E-state index in [0.717, 1.165) is 15.1 Å². The normalized spacial score (nSPS) is 13.7. The lowest BCUT2D eigenvalue weighted by atomic mass is 10.2. The van der Waals surface area contributed by atoms with Crippen LogP contribution in [0, 0.1) is 0 Å². The van der Waals surface area contributed by atoms with Crippen LogP contribution < -0.4 is 5.56 Å². The zero-order chi connectivity index (χ0) is 18.5. The number of hydrogen-bond donors (Lipinski definition) is 0. The number of hydrogen-bond acceptors (Lipinski definition) is 6. The highest BCUT2D eigenvalue weighted by Crippen LogP contribution is 2.10. The second-order valence-corrected chi connectivity index (χ2v) is 5.82. The summed E-state index contributed by atoms with van der Waals surface area (Å²) in [4.78, 5) is 48.5. The van der Waals surface area contributed by atoms with E-state index in [1.807, 2.05) is 30.3 Å². The van der Waals surface area contributed by atoms with Gasteiger partial charge in [0.05, 0.1) is 6.54 Å². The number of rotatable bonds is 5. The van der Waals surface area contributed by atoms with Gasteiger partial charge >= 0.3 is 5.97 Å². The first kappa shape index (κ1) is 17.5. The van der Waals surface area contributed by atoms with E-state index in [1.54, 1.807) is 0 Å². The number of carbonyl (C=O) groups excluding carboxylic acids is 3. The van der Waals surface area contributed by atoms with E-state index >= 15 is 0 Å². The number of amides is 2. The molecule has 26 heavy (non-hydrogen) atoms. The van der Waals surface area contributed by atoms with E-state index < -0.39 is 18.5 Å². The molecule has 0 N–H and O–H groups in total. The summed E-state index contributed by atoms with van der Waals surface area (Å²) in [6, 6.07) is 11.7. The van der Waals surface area contributed by atoms with Crippen molar-refractivity contribution in [2.45, 2.75) is 19.4 Å². The van der Waals surface area contributed by atoms with Gasteiger partial charge in [-0.2, -0.15) is 5.10 Å². The lowest BCUT2D eigenvalue weighted by Gasteiger charge is -2.13. The smallest absolute Gasteiger partial charge is 0.359 e. The van der Waals surface area contributed by atoms with Gasteiger partial charge in [-0.15, -0.1) is 0 Å². The molecule has 0 bridgehead atoms. The molecule has 2 heterocycles. The monoisotopic (exact) mass is 355 g/mol. The Labute approximate surface area is 149 Å². The van der Waals surface area contributed by atoms with Crippen LogP contribution in [0.25, 0.3) is 0 Å². The van der Waals surface area contributed by atoms with Gasteiger partial charge in [0.25, 0.3) is 11.5 Å². The maximum absolute atomic E-state index is 12.1. The van der Waals surface area contributed by atoms with Crippen LogP contribution in [0.4, 0.5) is 0 Å². The molecule has 1 aromatic carbocycles. The van der Waals surface area contributed by atoms with Crippen LogP contribution in [0.5, 0.6) is 0 Å². The Morgan fingerprint density at radius 3 is 2.54 bits per heavy atom. The lowest BCUT2D eigenvalue weighted by molar-refractivity contribution is -0.143. The summed E-state index contributed by atoms with van der Waals surface area (Å²) < 4.78 is 6.09. The van der Waals surface area contributed by atoms with Crippen LogP contribution in [0.3, 0.4) is 0 Å². The van der Waals surface area contributed by atoms with E-state index in [2.05, 4.69) is 5.10 Å². The molecule has 0 aliphatic carbocycles. The number of imide groups is 1. The Morgan fingerprint density at radius 2 is 1.85 bits per heavy atom. The molecule has 1 fully saturated rings. The van der Waals surface area contributed by atoms with E-state index in [-0.39, 0.29) is 23.7 Å². The molecule has 1 aromatic heterocycles. The Hall–Kier alpha value is -3.29. The molecule has 1 saturated heterocycles. The van der Waals surface area contributed by atoms with Crippen molar-refractivity contribution < 1.29 is 19.1 Å². The molecule has 0 unspecified atom stereocenters. The third-order valence-corrected chi connectivity index (χ3v) is 3.95. The SMILES string of the molecule is O=C(OCC(=O)N1CCCC1=O)c1ccc(=O)n(Cc2ccccc2)n1. The van der Waals surface area contributed by atoms with E-state index in [0.29, 0.717) is 19.4 Å². The first-order chi connectivity index (χ1) is 12.5. The highest BCUT2D eigenvalue weighted by molar-refractivity contribution is 5.98. The molecule has 0 radical (unpaired) electrons. The number of carbonyl (C=O) groups is 3. The van der Waals surface area contributed by atoms with Gasteiger partial charge in [0.1, 0.15) is 0 Å². The van der Waals surface area contributed by atoms with Crippen LogP contribution >= 0.6 is 0 Å². The molecule has 2 amide bonds. The van der Waals surface area contributed by atoms with Gasteiger partial charge in [-0.3, -0.25) is 19.3 Å². The molecule has 0 saturated carbocycles. The third kappa shape index (κ3) is 4.02. The summed E-state index contributed by atoms with van der Waals surface area (Å²) in [5.74, 6) is -1.65. The van der Waals surface area contributed by atoms with Crippen LogP contribution in [-0.2, 0) is 20.9 Å². The Balaban J connectivity index is 1.66. The number of ether oxygens (including phenoxy) is 1. The minimum atomic E-state index is -0.827. The Bertz CT molecular complexity index is 891. The molecular weight excluding hydrogens is 338 g/mol. The largest absolute Gasteiger partial charge is 0.451 e. The second kappa shape index (κ2) is 7.73. The van der Waals surface area contributed by atoms with Crippen molar-refractivity contribution in [2.75, 3.05) is 13.2 Å². The number of esters is 1. The summed E-state index contributed by atoms with van der Waals surface area (Å²) in [5.41, 5.74) is 0.417. The zero-order valence-electron chi connectivity index (χ0n) is 14.0. The van der Waals surface area contributed by atoms with Gasteiger partial charge in [0, 0.05) is 19.0 Å². The molecular formula is C18H17N3O5. The van der Waals surface area contributed by atoms with Gasteiger partial charge < -0.3 is 4.74 Å². The maximum Gasteiger partial charge on any atom is 0.359 e. The average molecular weight is 355 g/mol. The molecule has 0 atom stereocenters. The fourth-order valence-electron chi connectivity index (χ4n) is 2.62. The van der Waals surface area contributed by atoms with Crippen molar-refractivity contribution in [3.63, 3.8) is 0 Å². The summed E-state index contributed by atoms with van der Waals surface area (Å²) in [5, 5.41) is 4.00. The van der Waals surface area contributed by atoms with Gasteiger partial charge in [0.2, 0.25) is 5.91 Å². The quantitative estimate of drug-likeness (QED) is 0.728. The van der Waals surface area contributed by atoms with Crippen LogP contribution in [0.2, 0.25) is 0 Å². The fourth-order valence-corrected chi connectivity index (χ4v) is 2.62. The molecule has 134 valence electrons. The van der Waals surface area contributed by atoms with E-state index in [9.17, 15) is 19.2 Å². The molecule has 2 aromatic rings. The number of nitrogens with zero attached hydrogens (tertiary/aromatic N) is 3. The summed E-state index contributed by atoms with van der Waals surface area (Å²) in [6.07, 6.45) is 0.941. The highest BCUT2D eigenvalue weighted by Gasteiger charge is 2.27. The minimum Gasteiger partial charge on any atom is -0.451 e. The number of aromatic nitrogens is 2. The number of likely N-dealkylation sites (tertiary alicyclic amines) is 1. The summed E-state index contributed by atoms with van der Waals surface area (Å²) in [6.45, 7) is 0.0154. The molecule has 8 heteroatoms. The lowest BCUT2D eigenvalue weighted by Crippen LogP contribution is -2.35. The van der Waals surface area contributed by atoms with E-state index in [1.165, 1.54) is 12.1 Å². The van der Waals surface area contributed by atoms with Crippen molar-refractivity contribution in [2.24, 2.45) is 0 Å². The van der Waals surface area contributed by atoms with Gasteiger partial charge in [-0.25, -0.2) is 9.48 Å². The molecule has 0 spiro atoms. The standard InChI is InChI=1S/C18H17N3O5/c22-15-7-4-10-20(15)17(24)12-26-18(25)14-8-9-16(23)21(19-14)11-13-5-2-1-3-6-13/h1-3,5-6,8-9H,4,7,10-12H2. The van der Waals surface area contributed by atoms with E-state index in [4.69, 9.17) is 4.74 Å². The van der Waals surface area contributed by atoms with Crippen LogP contribution in [-0.4, -0.2) is 45.6 Å². The van der Waals surface area contributed by atoms with Crippen molar-refractivity contribution >= 4 is 17.8 Å². The van der Waals surface area contributed by atoms with Crippen molar-refractivity contribution in [3.05, 3.63) is 64.1 Å². The number of benzene rings is 1. The van der Waals surface area contributed by atoms with Gasteiger partial charge in [-0.05, 0) is 18.1 Å². The van der Waals surface area contributed by atoms with Crippen molar-refractivity contribution in [1.82, 2.24) is 14.7 Å². The first-order valence-corrected chi connectivity index (χ1v) is 8.17. The minimum absolute atomic E-state index is 0.0823. The van der Waals surface area contributed by atoms with Crippen molar-refractivity contribution in [1.29, 1.82) is 0 Å². The highest BCUT2D eigenvalue weighted by atomic mass is 16.5. The summed E-state index contributed by atoms with van der Waals surface area (Å²) in [7, 11) is 0. The second-order valence-electron chi connectivity index (χ2n) is 5.82. The molecule has 3 rings (SSSR count). The molecule has 8 nitrogen and oxygen atoms in total. The van der Waals surface area contributed by atoms with Crippen LogP contribution in [0.1, 0.15) is 28.9 Å². The third-order valence-electron chi connectivity index (χ3n) is 3.95. The Kier molecular flexibility index (Phi) is 5.21. The van der Waals surface area contributed by atoms with Gasteiger partial charge in [0.15, 0.2) is 12.3 Å². The average Bonchev–Trinajstić information content (AvgIpc) is 3.08. The zero-order valence-corrected chi connectivity index (χ0v) is 14.0. The summed E-state index contributed by atoms with van der Waals surface area (Å²) >= 11 is 0. The van der Waals surface area contributed by atoms with Crippen molar-refractivity contribution in [3.8, 4) is 0 Å². The first-order valence-electron chi connectivity index (χ1n) is 8.17. The maximum atomic E-state index is 12.1. The fraction of sp³-hybridized carbons (Fsp3) is 0.278. The predicted molar refractivity (Wildman–Crippen MR) is 90.3 cm³/mol. The topological polar surface area (TPSA) is 98.6 Å².